The lowest BCUT2D eigenvalue weighted by Crippen LogP contribution is -2.37. The molecule has 0 bridgehead atoms. The molecule has 0 heterocycles. The summed E-state index contributed by atoms with van der Waals surface area (Å²) in [4.78, 5) is 25.0. The summed E-state index contributed by atoms with van der Waals surface area (Å²) < 4.78 is 34.6. The number of likely N-dealkylation sites (N-methyl/N-ethyl adjacent to an activating group) is 1. The van der Waals surface area contributed by atoms with Crippen molar-refractivity contribution >= 4 is 13.8 Å². The number of ether oxygens (including phenoxy) is 2. The van der Waals surface area contributed by atoms with E-state index in [1.165, 1.54) is 116 Å². The van der Waals surface area contributed by atoms with Crippen LogP contribution < -0.4 is 4.89 Å². The number of hydrogen-bond donors (Lipinski definition) is 0. The molecule has 0 rings (SSSR count). The molecule has 0 aliphatic heterocycles. The van der Waals surface area contributed by atoms with Gasteiger partial charge in [0.2, 0.25) is 0 Å². The molecule has 0 saturated heterocycles. The molecule has 0 aromatic heterocycles. The smallest absolute Gasteiger partial charge is 0.306 e. The fourth-order valence-corrected chi connectivity index (χ4v) is 6.78. The molecule has 0 aliphatic carbocycles. The third kappa shape index (κ3) is 42.0. The van der Waals surface area contributed by atoms with Gasteiger partial charge in [-0.1, -0.05) is 167 Å². The molecular weight excluding hydrogens is 685 g/mol. The standard InChI is InChI=1S/C44H86NO7P/c1-6-8-10-12-14-16-18-20-22-24-26-28-30-32-34-36-39-49-41-43(42-51-53(47,48)50-40-38-45(3,4)5)52-44(46)37-35-33-31-29-27-25-23-21-19-17-15-13-11-9-7-2/h15,17,21,23,43H,6-14,16,18-20,22,24-42H2,1-5H3/b17-15-,23-21-/t43-/m1/s1. The Morgan fingerprint density at radius 2 is 1.04 bits per heavy atom. The third-order valence-corrected chi connectivity index (χ3v) is 10.5. The molecule has 0 spiro atoms. The fourth-order valence-electron chi connectivity index (χ4n) is 6.05. The Morgan fingerprint density at radius 1 is 0.585 bits per heavy atom. The number of allylic oxidation sites excluding steroid dienone is 4. The Labute approximate surface area is 328 Å². The van der Waals surface area contributed by atoms with E-state index in [9.17, 15) is 14.3 Å². The molecule has 0 fully saturated rings. The van der Waals surface area contributed by atoms with Gasteiger partial charge in [0.1, 0.15) is 19.3 Å². The average molecular weight is 772 g/mol. The molecule has 0 aliphatic rings. The minimum atomic E-state index is -4.52. The van der Waals surface area contributed by atoms with Gasteiger partial charge < -0.3 is 27.9 Å². The molecule has 8 nitrogen and oxygen atoms in total. The number of phosphoric acid groups is 1. The van der Waals surface area contributed by atoms with Crippen LogP contribution in [0.25, 0.3) is 0 Å². The number of rotatable bonds is 41. The molecule has 9 heteroatoms. The van der Waals surface area contributed by atoms with Crippen LogP contribution >= 0.6 is 7.82 Å². The first kappa shape index (κ1) is 52.0. The van der Waals surface area contributed by atoms with Gasteiger partial charge in [-0.3, -0.25) is 9.36 Å². The molecular formula is C44H86NO7P. The van der Waals surface area contributed by atoms with Gasteiger partial charge in [0.05, 0.1) is 34.4 Å². The van der Waals surface area contributed by atoms with Gasteiger partial charge in [-0.05, 0) is 44.9 Å². The molecule has 0 aromatic rings. The predicted molar refractivity (Wildman–Crippen MR) is 222 cm³/mol. The van der Waals surface area contributed by atoms with E-state index in [-0.39, 0.29) is 25.8 Å². The first-order valence-electron chi connectivity index (χ1n) is 22.1. The van der Waals surface area contributed by atoms with E-state index in [1.54, 1.807) is 0 Å². The van der Waals surface area contributed by atoms with E-state index in [0.717, 1.165) is 57.8 Å². The largest absolute Gasteiger partial charge is 0.756 e. The maximum atomic E-state index is 12.7. The Morgan fingerprint density at radius 3 is 1.57 bits per heavy atom. The molecule has 314 valence electrons. The van der Waals surface area contributed by atoms with Crippen LogP contribution in [0.2, 0.25) is 0 Å². The van der Waals surface area contributed by atoms with Crippen molar-refractivity contribution in [2.75, 3.05) is 54.1 Å². The summed E-state index contributed by atoms with van der Waals surface area (Å²) in [7, 11) is 1.35. The van der Waals surface area contributed by atoms with Gasteiger partial charge in [0.25, 0.3) is 7.82 Å². The van der Waals surface area contributed by atoms with Crippen molar-refractivity contribution in [1.29, 1.82) is 0 Å². The summed E-state index contributed by atoms with van der Waals surface area (Å²) in [5.41, 5.74) is 0. The average Bonchev–Trinajstić information content (AvgIpc) is 3.11. The first-order chi connectivity index (χ1) is 25.6. The number of carbonyl (C=O) groups excluding carboxylic acids is 1. The summed E-state index contributed by atoms with van der Waals surface area (Å²) in [6.07, 6.45) is 41.8. The number of phosphoric ester groups is 1. The zero-order valence-electron chi connectivity index (χ0n) is 35.5. The lowest BCUT2D eigenvalue weighted by molar-refractivity contribution is -0.870. The molecule has 0 amide bonds. The number of unbranched alkanes of at least 4 members (excludes halogenated alkanes) is 23. The van der Waals surface area contributed by atoms with Crippen molar-refractivity contribution in [1.82, 2.24) is 0 Å². The number of hydrogen-bond acceptors (Lipinski definition) is 7. The van der Waals surface area contributed by atoms with Crippen LogP contribution in [0.1, 0.15) is 194 Å². The summed E-state index contributed by atoms with van der Waals surface area (Å²) in [6.45, 7) is 5.39. The van der Waals surface area contributed by atoms with Crippen LogP contribution in [0.3, 0.4) is 0 Å². The second kappa shape index (κ2) is 37.9. The number of esters is 1. The Balaban J connectivity index is 4.23. The van der Waals surface area contributed by atoms with Crippen LogP contribution in [0.5, 0.6) is 0 Å². The maximum Gasteiger partial charge on any atom is 0.306 e. The van der Waals surface area contributed by atoms with Crippen molar-refractivity contribution in [2.45, 2.75) is 200 Å². The fraction of sp³-hybridized carbons (Fsp3) is 0.886. The van der Waals surface area contributed by atoms with E-state index in [2.05, 4.69) is 38.2 Å². The van der Waals surface area contributed by atoms with E-state index in [4.69, 9.17) is 18.5 Å². The van der Waals surface area contributed by atoms with Crippen molar-refractivity contribution in [3.63, 3.8) is 0 Å². The molecule has 53 heavy (non-hydrogen) atoms. The van der Waals surface area contributed by atoms with E-state index < -0.39 is 13.9 Å². The highest BCUT2D eigenvalue weighted by atomic mass is 31.2. The molecule has 0 aromatic carbocycles. The quantitative estimate of drug-likeness (QED) is 0.0201. The third-order valence-electron chi connectivity index (χ3n) is 9.51. The lowest BCUT2D eigenvalue weighted by Gasteiger charge is -2.28. The second-order valence-corrected chi connectivity index (χ2v) is 17.5. The molecule has 0 saturated carbocycles. The topological polar surface area (TPSA) is 94.1 Å². The molecule has 0 radical (unpaired) electrons. The van der Waals surface area contributed by atoms with Gasteiger partial charge in [-0.2, -0.15) is 0 Å². The Kier molecular flexibility index (Phi) is 37.2. The molecule has 0 N–H and O–H groups in total. The summed E-state index contributed by atoms with van der Waals surface area (Å²) in [5.74, 6) is -0.345. The molecule has 1 unspecified atom stereocenters. The summed E-state index contributed by atoms with van der Waals surface area (Å²) in [6, 6.07) is 0. The van der Waals surface area contributed by atoms with Crippen LogP contribution in [0.15, 0.2) is 24.3 Å². The van der Waals surface area contributed by atoms with E-state index in [0.29, 0.717) is 24.1 Å². The SMILES string of the molecule is CCCCC/C=C\C/C=C\CCCCCCCC(=O)O[C@H](COCCCCCCCCCCCCCCCCCC)COP(=O)([O-])OCC[N+](C)(C)C. The van der Waals surface area contributed by atoms with E-state index in [1.807, 2.05) is 21.1 Å². The van der Waals surface area contributed by atoms with Gasteiger partial charge >= 0.3 is 5.97 Å². The van der Waals surface area contributed by atoms with E-state index >= 15 is 0 Å². The van der Waals surface area contributed by atoms with Crippen molar-refractivity contribution in [3.8, 4) is 0 Å². The number of nitrogens with zero attached hydrogens (tertiary/aromatic N) is 1. The number of carbonyl (C=O) groups is 1. The van der Waals surface area contributed by atoms with Gasteiger partial charge in [-0.15, -0.1) is 0 Å². The van der Waals surface area contributed by atoms with Crippen LogP contribution in [-0.2, 0) is 27.9 Å². The van der Waals surface area contributed by atoms with Crippen molar-refractivity contribution < 1.29 is 37.3 Å². The maximum absolute atomic E-state index is 12.7. The Bertz CT molecular complexity index is 905. The highest BCUT2D eigenvalue weighted by molar-refractivity contribution is 7.45. The van der Waals surface area contributed by atoms with Gasteiger partial charge in [-0.25, -0.2) is 0 Å². The first-order valence-corrected chi connectivity index (χ1v) is 23.5. The minimum Gasteiger partial charge on any atom is -0.756 e. The predicted octanol–water partition coefficient (Wildman–Crippen LogP) is 12.2. The number of quaternary nitrogens is 1. The Hall–Kier alpha value is -1.02. The van der Waals surface area contributed by atoms with Crippen LogP contribution in [-0.4, -0.2) is 70.7 Å². The lowest BCUT2D eigenvalue weighted by atomic mass is 10.0. The van der Waals surface area contributed by atoms with Crippen molar-refractivity contribution in [2.24, 2.45) is 0 Å². The summed E-state index contributed by atoms with van der Waals surface area (Å²) >= 11 is 0. The zero-order chi connectivity index (χ0) is 39.1. The highest BCUT2D eigenvalue weighted by Crippen LogP contribution is 2.38. The normalized spacial score (nSPS) is 14.0. The molecule has 2 atom stereocenters. The second-order valence-electron chi connectivity index (χ2n) is 16.1. The highest BCUT2D eigenvalue weighted by Gasteiger charge is 2.20. The van der Waals surface area contributed by atoms with Crippen LogP contribution in [0, 0.1) is 0 Å². The summed E-state index contributed by atoms with van der Waals surface area (Å²) in [5, 5.41) is 0. The van der Waals surface area contributed by atoms with Gasteiger partial charge in [0.15, 0.2) is 0 Å². The monoisotopic (exact) mass is 772 g/mol. The zero-order valence-corrected chi connectivity index (χ0v) is 36.4. The van der Waals surface area contributed by atoms with Crippen molar-refractivity contribution in [3.05, 3.63) is 24.3 Å². The van der Waals surface area contributed by atoms with Gasteiger partial charge in [0, 0.05) is 13.0 Å². The minimum absolute atomic E-state index is 0.0251. The van der Waals surface area contributed by atoms with Crippen LogP contribution in [0.4, 0.5) is 0 Å².